The van der Waals surface area contributed by atoms with Crippen LogP contribution in [0.5, 0.6) is 0 Å². The summed E-state index contributed by atoms with van der Waals surface area (Å²) in [5, 5.41) is 4.45. The fourth-order valence-corrected chi connectivity index (χ4v) is 3.82. The molecule has 3 rings (SSSR count). The van der Waals surface area contributed by atoms with Crippen LogP contribution in [0, 0.1) is 0 Å². The van der Waals surface area contributed by atoms with Gasteiger partial charge >= 0.3 is 0 Å². The Labute approximate surface area is 159 Å². The van der Waals surface area contributed by atoms with Crippen molar-refractivity contribution in [2.24, 2.45) is 0 Å². The number of carbonyl (C=O) groups is 3. The minimum absolute atomic E-state index is 0.145. The van der Waals surface area contributed by atoms with Gasteiger partial charge in [0.05, 0.1) is 17.3 Å². The third kappa shape index (κ3) is 3.16. The minimum Gasteiger partial charge on any atom is -0.372 e. The molecule has 6 nitrogen and oxygen atoms in total. The molecule has 2 aromatic carbocycles. The summed E-state index contributed by atoms with van der Waals surface area (Å²) in [5.74, 6) is -0.325. The maximum absolute atomic E-state index is 13.1. The molecular formula is C21H25N3O3. The summed E-state index contributed by atoms with van der Waals surface area (Å²) in [4.78, 5) is 40.2. The van der Waals surface area contributed by atoms with E-state index in [9.17, 15) is 14.4 Å². The molecule has 2 amide bonds. The van der Waals surface area contributed by atoms with E-state index in [1.165, 1.54) is 0 Å². The Morgan fingerprint density at radius 3 is 2.59 bits per heavy atom. The third-order valence-corrected chi connectivity index (χ3v) is 5.24. The molecule has 0 spiro atoms. The Balaban J connectivity index is 2.07. The predicted octanol–water partition coefficient (Wildman–Crippen LogP) is 2.74. The highest BCUT2D eigenvalue weighted by molar-refractivity contribution is 6.27. The van der Waals surface area contributed by atoms with Gasteiger partial charge in [-0.2, -0.15) is 0 Å². The smallest absolute Gasteiger partial charge is 0.259 e. The van der Waals surface area contributed by atoms with E-state index in [2.05, 4.69) is 24.1 Å². The molecule has 1 N–H and O–H groups in total. The van der Waals surface area contributed by atoms with E-state index in [0.29, 0.717) is 12.0 Å². The maximum atomic E-state index is 13.1. The maximum Gasteiger partial charge on any atom is 0.259 e. The van der Waals surface area contributed by atoms with Gasteiger partial charge in [-0.15, -0.1) is 0 Å². The predicted molar refractivity (Wildman–Crippen MR) is 107 cm³/mol. The number of hydrogen-bond acceptors (Lipinski definition) is 4. The zero-order valence-corrected chi connectivity index (χ0v) is 16.0. The molecule has 0 bridgehead atoms. The third-order valence-electron chi connectivity index (χ3n) is 5.24. The van der Waals surface area contributed by atoms with E-state index in [-0.39, 0.29) is 18.2 Å². The molecule has 0 saturated heterocycles. The number of hydrogen-bond donors (Lipinski definition) is 1. The average molecular weight is 367 g/mol. The number of anilines is 2. The Hall–Kier alpha value is -2.89. The molecule has 1 aliphatic rings. The Bertz CT molecular complexity index is 890. The van der Waals surface area contributed by atoms with Gasteiger partial charge in [0.2, 0.25) is 5.91 Å². The molecule has 0 fully saturated rings. The van der Waals surface area contributed by atoms with Gasteiger partial charge in [0, 0.05) is 43.0 Å². The lowest BCUT2D eigenvalue weighted by atomic mass is 10.0. The number of nitrogens with zero attached hydrogens (tertiary/aromatic N) is 2. The van der Waals surface area contributed by atoms with Gasteiger partial charge in [-0.05, 0) is 38.5 Å². The number of rotatable bonds is 8. The van der Waals surface area contributed by atoms with Crippen molar-refractivity contribution >= 4 is 40.2 Å². The molecule has 0 radical (unpaired) electrons. The van der Waals surface area contributed by atoms with Crippen molar-refractivity contribution in [1.82, 2.24) is 5.32 Å². The Morgan fingerprint density at radius 2 is 1.96 bits per heavy atom. The van der Waals surface area contributed by atoms with Gasteiger partial charge in [0.25, 0.3) is 5.91 Å². The second-order valence-electron chi connectivity index (χ2n) is 6.59. The van der Waals surface area contributed by atoms with Crippen LogP contribution in [0.25, 0.3) is 10.8 Å². The summed E-state index contributed by atoms with van der Waals surface area (Å²) in [6.07, 6.45) is 1.25. The zero-order valence-electron chi connectivity index (χ0n) is 16.0. The standard InChI is InChI=1S/C21H25N3O3/c1-4-23(5-2)17-11-10-16-20-15(17)7-6-8-18(20)24(21(16)27)14(13-25)9-12-19(26)22-3/h6-8,10-11,13-14H,4-5,9,12H2,1-3H3,(H,22,26). The second kappa shape index (κ2) is 7.78. The van der Waals surface area contributed by atoms with E-state index < -0.39 is 6.04 Å². The largest absolute Gasteiger partial charge is 0.372 e. The number of benzene rings is 2. The molecule has 0 saturated carbocycles. The van der Waals surface area contributed by atoms with Gasteiger partial charge in [-0.1, -0.05) is 12.1 Å². The lowest BCUT2D eigenvalue weighted by Gasteiger charge is -2.25. The highest BCUT2D eigenvalue weighted by Gasteiger charge is 2.35. The fraction of sp³-hybridized carbons (Fsp3) is 0.381. The summed E-state index contributed by atoms with van der Waals surface area (Å²) >= 11 is 0. The van der Waals surface area contributed by atoms with E-state index >= 15 is 0 Å². The van der Waals surface area contributed by atoms with Crippen LogP contribution in [0.2, 0.25) is 0 Å². The normalized spacial score (nSPS) is 13.7. The number of aldehydes is 1. The van der Waals surface area contributed by atoms with Crippen LogP contribution in [0.3, 0.4) is 0 Å². The van der Waals surface area contributed by atoms with Crippen molar-refractivity contribution in [2.45, 2.75) is 32.7 Å². The topological polar surface area (TPSA) is 69.7 Å². The number of amides is 2. The van der Waals surface area contributed by atoms with Crippen molar-refractivity contribution in [2.75, 3.05) is 29.9 Å². The summed E-state index contributed by atoms with van der Waals surface area (Å²) in [7, 11) is 1.56. The lowest BCUT2D eigenvalue weighted by Crippen LogP contribution is -2.39. The average Bonchev–Trinajstić information content (AvgIpc) is 2.98. The zero-order chi connectivity index (χ0) is 19.6. The molecule has 1 heterocycles. The SMILES string of the molecule is CCN(CC)c1ccc2c3c(cccc13)N(C(C=O)CCC(=O)NC)C2=O. The van der Waals surface area contributed by atoms with Crippen LogP contribution in [-0.2, 0) is 9.59 Å². The Morgan fingerprint density at radius 1 is 1.22 bits per heavy atom. The molecule has 2 aromatic rings. The van der Waals surface area contributed by atoms with E-state index in [0.717, 1.165) is 41.5 Å². The van der Waals surface area contributed by atoms with Gasteiger partial charge < -0.3 is 15.0 Å². The minimum atomic E-state index is -0.662. The van der Waals surface area contributed by atoms with Gasteiger partial charge in [0.15, 0.2) is 0 Å². The molecule has 1 aliphatic heterocycles. The van der Waals surface area contributed by atoms with Gasteiger partial charge in [-0.3, -0.25) is 14.5 Å². The van der Waals surface area contributed by atoms with Crippen molar-refractivity contribution in [3.63, 3.8) is 0 Å². The molecule has 1 unspecified atom stereocenters. The number of carbonyl (C=O) groups excluding carboxylic acids is 3. The van der Waals surface area contributed by atoms with E-state index in [4.69, 9.17) is 0 Å². The van der Waals surface area contributed by atoms with Crippen LogP contribution in [0.1, 0.15) is 37.0 Å². The Kier molecular flexibility index (Phi) is 5.44. The van der Waals surface area contributed by atoms with E-state index in [1.807, 2.05) is 30.3 Å². The lowest BCUT2D eigenvalue weighted by molar-refractivity contribution is -0.120. The first-order valence-corrected chi connectivity index (χ1v) is 9.37. The first kappa shape index (κ1) is 18.9. The highest BCUT2D eigenvalue weighted by atomic mass is 16.2. The van der Waals surface area contributed by atoms with Crippen LogP contribution in [0.4, 0.5) is 11.4 Å². The van der Waals surface area contributed by atoms with Crippen LogP contribution < -0.4 is 15.1 Å². The molecule has 142 valence electrons. The molecule has 1 atom stereocenters. The number of nitrogens with one attached hydrogen (secondary N) is 1. The van der Waals surface area contributed by atoms with Gasteiger partial charge in [-0.25, -0.2) is 0 Å². The summed E-state index contributed by atoms with van der Waals surface area (Å²) < 4.78 is 0. The second-order valence-corrected chi connectivity index (χ2v) is 6.59. The molecule has 0 aliphatic carbocycles. The quantitative estimate of drug-likeness (QED) is 0.729. The monoisotopic (exact) mass is 367 g/mol. The summed E-state index contributed by atoms with van der Waals surface area (Å²) in [6.45, 7) is 5.95. The van der Waals surface area contributed by atoms with Crippen molar-refractivity contribution in [3.8, 4) is 0 Å². The first-order chi connectivity index (χ1) is 13.1. The molecular weight excluding hydrogens is 342 g/mol. The molecule has 27 heavy (non-hydrogen) atoms. The summed E-state index contributed by atoms with van der Waals surface area (Å²) in [5.41, 5.74) is 2.45. The van der Waals surface area contributed by atoms with Crippen molar-refractivity contribution in [1.29, 1.82) is 0 Å². The van der Waals surface area contributed by atoms with Crippen molar-refractivity contribution < 1.29 is 14.4 Å². The first-order valence-electron chi connectivity index (χ1n) is 9.37. The fourth-order valence-electron chi connectivity index (χ4n) is 3.82. The summed E-state index contributed by atoms with van der Waals surface area (Å²) in [6, 6.07) is 8.98. The van der Waals surface area contributed by atoms with Gasteiger partial charge in [0.1, 0.15) is 6.29 Å². The van der Waals surface area contributed by atoms with Crippen LogP contribution in [0.15, 0.2) is 30.3 Å². The molecule has 6 heteroatoms. The molecule has 0 aromatic heterocycles. The van der Waals surface area contributed by atoms with Crippen molar-refractivity contribution in [3.05, 3.63) is 35.9 Å². The van der Waals surface area contributed by atoms with E-state index in [1.54, 1.807) is 11.9 Å². The van der Waals surface area contributed by atoms with Crippen LogP contribution in [-0.4, -0.2) is 44.3 Å². The highest BCUT2D eigenvalue weighted by Crippen LogP contribution is 2.42. The van der Waals surface area contributed by atoms with Crippen LogP contribution >= 0.6 is 0 Å².